The molecule has 0 saturated heterocycles. The molecule has 0 bridgehead atoms. The topological polar surface area (TPSA) is 77.2 Å². The van der Waals surface area contributed by atoms with Gasteiger partial charge in [0.05, 0.1) is 29.4 Å². The number of nitro groups is 1. The Kier molecular flexibility index (Phi) is 4.35. The molecule has 2 aliphatic heterocycles. The number of fused-ring (bicyclic) bond motifs is 3. The average Bonchev–Trinajstić information content (AvgIpc) is 3.24. The van der Waals surface area contributed by atoms with Gasteiger partial charge in [-0.15, -0.1) is 0 Å². The van der Waals surface area contributed by atoms with E-state index in [9.17, 15) is 10.1 Å². The zero-order chi connectivity index (χ0) is 20.7. The maximum atomic E-state index is 11.6. The minimum atomic E-state index is -0.678. The largest absolute Gasteiger partial charge is 0.497 e. The van der Waals surface area contributed by atoms with Crippen molar-refractivity contribution in [3.63, 3.8) is 0 Å². The Labute approximate surface area is 173 Å². The van der Waals surface area contributed by atoms with E-state index >= 15 is 0 Å². The van der Waals surface area contributed by atoms with E-state index in [4.69, 9.17) is 14.6 Å². The third-order valence-electron chi connectivity index (χ3n) is 5.52. The van der Waals surface area contributed by atoms with Gasteiger partial charge in [-0.1, -0.05) is 30.3 Å². The number of hydrogen-bond donors (Lipinski definition) is 0. The maximum absolute atomic E-state index is 11.6. The molecule has 3 aromatic rings. The molecule has 2 atom stereocenters. The van der Waals surface area contributed by atoms with Crippen molar-refractivity contribution in [2.45, 2.75) is 18.7 Å². The van der Waals surface area contributed by atoms with Crippen molar-refractivity contribution in [3.05, 3.63) is 99.6 Å². The molecule has 0 unspecified atom stereocenters. The lowest BCUT2D eigenvalue weighted by Crippen LogP contribution is -2.34. The van der Waals surface area contributed by atoms with Gasteiger partial charge in [-0.05, 0) is 42.0 Å². The lowest BCUT2D eigenvalue weighted by Gasteiger charge is -2.37. The Hall–Kier alpha value is -3.87. The first kappa shape index (κ1) is 18.2. The van der Waals surface area contributed by atoms with Crippen LogP contribution in [0.5, 0.6) is 11.5 Å². The first-order valence-corrected chi connectivity index (χ1v) is 9.65. The highest BCUT2D eigenvalue weighted by Crippen LogP contribution is 2.48. The van der Waals surface area contributed by atoms with E-state index in [0.29, 0.717) is 12.0 Å². The summed E-state index contributed by atoms with van der Waals surface area (Å²) in [5.74, 6) is 1.51. The van der Waals surface area contributed by atoms with E-state index in [0.717, 1.165) is 28.3 Å². The van der Waals surface area contributed by atoms with Crippen LogP contribution in [0.4, 0.5) is 5.69 Å². The molecular formula is C23H19N3O4. The molecule has 30 heavy (non-hydrogen) atoms. The molecule has 0 fully saturated rings. The second-order valence-corrected chi connectivity index (χ2v) is 7.20. The highest BCUT2D eigenvalue weighted by Gasteiger charge is 2.42. The van der Waals surface area contributed by atoms with Gasteiger partial charge in [0.2, 0.25) is 6.23 Å². The first-order valence-electron chi connectivity index (χ1n) is 9.65. The molecule has 0 N–H and O–H groups in total. The number of para-hydroxylation sites is 2. The molecule has 7 nitrogen and oxygen atoms in total. The van der Waals surface area contributed by atoms with Crippen molar-refractivity contribution in [2.75, 3.05) is 7.11 Å². The van der Waals surface area contributed by atoms with E-state index in [1.54, 1.807) is 25.3 Å². The molecule has 0 amide bonds. The van der Waals surface area contributed by atoms with Crippen LogP contribution < -0.4 is 9.47 Å². The van der Waals surface area contributed by atoms with Gasteiger partial charge < -0.3 is 9.47 Å². The van der Waals surface area contributed by atoms with Crippen molar-refractivity contribution in [2.24, 2.45) is 5.10 Å². The van der Waals surface area contributed by atoms with Gasteiger partial charge in [0.15, 0.2) is 0 Å². The first-order chi connectivity index (χ1) is 14.7. The lowest BCUT2D eigenvalue weighted by atomic mass is 9.95. The summed E-state index contributed by atoms with van der Waals surface area (Å²) in [6.07, 6.45) is 0.00588. The molecule has 7 heteroatoms. The molecule has 0 spiro atoms. The van der Waals surface area contributed by atoms with Gasteiger partial charge in [0.1, 0.15) is 11.5 Å². The van der Waals surface area contributed by atoms with E-state index in [1.165, 1.54) is 6.07 Å². The van der Waals surface area contributed by atoms with E-state index in [-0.39, 0.29) is 16.7 Å². The number of methoxy groups -OCH3 is 1. The lowest BCUT2D eigenvalue weighted by molar-refractivity contribution is -0.386. The zero-order valence-corrected chi connectivity index (χ0v) is 16.3. The number of nitrogens with zero attached hydrogens (tertiary/aromatic N) is 3. The van der Waals surface area contributed by atoms with Gasteiger partial charge in [0, 0.05) is 18.1 Å². The van der Waals surface area contributed by atoms with E-state index in [1.807, 2.05) is 53.5 Å². The van der Waals surface area contributed by atoms with Crippen LogP contribution in [0.25, 0.3) is 0 Å². The van der Waals surface area contributed by atoms with Gasteiger partial charge in [-0.2, -0.15) is 5.10 Å². The predicted molar refractivity (Wildman–Crippen MR) is 112 cm³/mol. The SMILES string of the molecule is COc1ccc(C2=NN3[C@@H](c4ccccc4[N+](=O)[O-])Oc4ccccc4[C@@H]3C2)cc1. The monoisotopic (exact) mass is 401 g/mol. The van der Waals surface area contributed by atoms with Crippen LogP contribution in [0.1, 0.15) is 35.4 Å². The molecule has 0 radical (unpaired) electrons. The molecule has 0 saturated carbocycles. The molecule has 2 heterocycles. The van der Waals surface area contributed by atoms with Crippen LogP contribution in [-0.2, 0) is 0 Å². The standard InChI is InChI=1S/C23H19N3O4/c1-29-16-12-10-15(11-13-16)19-14-21-17-6-3-5-9-22(17)30-23(25(21)24-19)18-7-2-4-8-20(18)26(27)28/h2-13,21,23H,14H2,1H3/t21-,23+/m0/s1. The third-order valence-corrected chi connectivity index (χ3v) is 5.52. The summed E-state index contributed by atoms with van der Waals surface area (Å²) in [4.78, 5) is 11.3. The molecule has 150 valence electrons. The fourth-order valence-electron chi connectivity index (χ4n) is 4.06. The van der Waals surface area contributed by atoms with Crippen LogP contribution in [0.15, 0.2) is 77.9 Å². The average molecular weight is 401 g/mol. The van der Waals surface area contributed by atoms with Crippen molar-refractivity contribution in [1.29, 1.82) is 0 Å². The molecule has 2 aliphatic rings. The Bertz CT molecular complexity index is 1140. The summed E-state index contributed by atoms with van der Waals surface area (Å²) in [7, 11) is 1.63. The highest BCUT2D eigenvalue weighted by atomic mass is 16.6. The highest BCUT2D eigenvalue weighted by molar-refractivity contribution is 6.02. The van der Waals surface area contributed by atoms with Crippen molar-refractivity contribution in [1.82, 2.24) is 5.01 Å². The minimum Gasteiger partial charge on any atom is -0.497 e. The van der Waals surface area contributed by atoms with Gasteiger partial charge >= 0.3 is 0 Å². The van der Waals surface area contributed by atoms with Crippen LogP contribution in [-0.4, -0.2) is 22.8 Å². The number of hydrogen-bond acceptors (Lipinski definition) is 6. The Morgan fingerprint density at radius 1 is 1.03 bits per heavy atom. The van der Waals surface area contributed by atoms with Gasteiger partial charge in [-0.3, -0.25) is 10.1 Å². The van der Waals surface area contributed by atoms with Crippen LogP contribution in [0.3, 0.4) is 0 Å². The number of rotatable bonds is 4. The fraction of sp³-hybridized carbons (Fsp3) is 0.174. The fourth-order valence-corrected chi connectivity index (χ4v) is 4.06. The van der Waals surface area contributed by atoms with E-state index in [2.05, 4.69) is 0 Å². The summed E-state index contributed by atoms with van der Waals surface area (Å²) in [5.41, 5.74) is 3.44. The van der Waals surface area contributed by atoms with Gasteiger partial charge in [0.25, 0.3) is 5.69 Å². The van der Waals surface area contributed by atoms with E-state index < -0.39 is 6.23 Å². The van der Waals surface area contributed by atoms with Crippen LogP contribution in [0, 0.1) is 10.1 Å². The number of hydrazone groups is 1. The Morgan fingerprint density at radius 3 is 2.47 bits per heavy atom. The second-order valence-electron chi connectivity index (χ2n) is 7.20. The third kappa shape index (κ3) is 2.95. The molecular weight excluding hydrogens is 382 g/mol. The second kappa shape index (κ2) is 7.18. The number of benzene rings is 3. The summed E-state index contributed by atoms with van der Waals surface area (Å²) < 4.78 is 11.5. The van der Waals surface area contributed by atoms with Crippen LogP contribution in [0.2, 0.25) is 0 Å². The molecule has 0 aliphatic carbocycles. The predicted octanol–water partition coefficient (Wildman–Crippen LogP) is 4.85. The molecule has 5 rings (SSSR count). The minimum absolute atomic E-state index is 0.0220. The summed E-state index contributed by atoms with van der Waals surface area (Å²) in [6, 6.07) is 22.2. The Balaban J connectivity index is 1.60. The van der Waals surface area contributed by atoms with Gasteiger partial charge in [-0.25, -0.2) is 5.01 Å². The Morgan fingerprint density at radius 2 is 1.73 bits per heavy atom. The summed E-state index contributed by atoms with van der Waals surface area (Å²) >= 11 is 0. The van der Waals surface area contributed by atoms with Crippen molar-refractivity contribution < 1.29 is 14.4 Å². The van der Waals surface area contributed by atoms with Crippen molar-refractivity contribution in [3.8, 4) is 11.5 Å². The normalized spacial score (nSPS) is 19.4. The maximum Gasteiger partial charge on any atom is 0.278 e. The van der Waals surface area contributed by atoms with Crippen molar-refractivity contribution >= 4 is 11.4 Å². The molecule has 3 aromatic carbocycles. The molecule has 0 aromatic heterocycles. The summed E-state index contributed by atoms with van der Waals surface area (Å²) in [5, 5.41) is 18.3. The zero-order valence-electron chi connectivity index (χ0n) is 16.3. The number of ether oxygens (including phenoxy) is 2. The van der Waals surface area contributed by atoms with Crippen LogP contribution >= 0.6 is 0 Å². The summed E-state index contributed by atoms with van der Waals surface area (Å²) in [6.45, 7) is 0. The smallest absolute Gasteiger partial charge is 0.278 e. The quantitative estimate of drug-likeness (QED) is 0.462. The number of nitro benzene ring substituents is 1.